The molecule has 1 aliphatic rings. The lowest BCUT2D eigenvalue weighted by Gasteiger charge is -2.24. The summed E-state index contributed by atoms with van der Waals surface area (Å²) in [5, 5.41) is 2.93. The molecule has 1 aliphatic carbocycles. The zero-order valence-electron chi connectivity index (χ0n) is 19.3. The molecule has 1 fully saturated rings. The van der Waals surface area contributed by atoms with Crippen LogP contribution in [0.25, 0.3) is 6.08 Å². The minimum atomic E-state index is -3.77. The summed E-state index contributed by atoms with van der Waals surface area (Å²) < 4.78 is 37.9. The Bertz CT molecular complexity index is 1110. The Hall–Kier alpha value is -3.33. The summed E-state index contributed by atoms with van der Waals surface area (Å²) in [7, 11) is -2.24. The normalized spacial score (nSPS) is 15.5. The number of hydrogen-bond acceptors (Lipinski definition) is 6. The Balaban J connectivity index is 1.52. The molecule has 34 heavy (non-hydrogen) atoms. The van der Waals surface area contributed by atoms with Crippen molar-refractivity contribution < 1.29 is 27.5 Å². The monoisotopic (exact) mass is 486 g/mol. The molecule has 9 heteroatoms. The van der Waals surface area contributed by atoms with Crippen molar-refractivity contribution in [3.05, 3.63) is 60.2 Å². The number of carbonyl (C=O) groups is 2. The number of anilines is 1. The van der Waals surface area contributed by atoms with Gasteiger partial charge in [-0.15, -0.1) is 0 Å². The number of methoxy groups -OCH3 is 1. The smallest absolute Gasteiger partial charge is 0.331 e. The summed E-state index contributed by atoms with van der Waals surface area (Å²) in [6.07, 6.45) is 7.11. The first kappa shape index (κ1) is 25.3. The molecular formula is C25H30N2O6S. The Kier molecular flexibility index (Phi) is 8.70. The van der Waals surface area contributed by atoms with Gasteiger partial charge in [-0.05, 0) is 67.8 Å². The molecule has 8 nitrogen and oxygen atoms in total. The highest BCUT2D eigenvalue weighted by Crippen LogP contribution is 2.20. The molecule has 0 heterocycles. The van der Waals surface area contributed by atoms with E-state index in [9.17, 15) is 18.0 Å². The van der Waals surface area contributed by atoms with E-state index in [-0.39, 0.29) is 16.8 Å². The van der Waals surface area contributed by atoms with Crippen molar-refractivity contribution in [3.63, 3.8) is 0 Å². The number of rotatable bonds is 9. The highest BCUT2D eigenvalue weighted by Gasteiger charge is 2.21. The van der Waals surface area contributed by atoms with Gasteiger partial charge >= 0.3 is 5.97 Å². The number of amides is 1. The van der Waals surface area contributed by atoms with E-state index >= 15 is 0 Å². The van der Waals surface area contributed by atoms with Crippen molar-refractivity contribution in [1.82, 2.24) is 5.32 Å². The van der Waals surface area contributed by atoms with Crippen LogP contribution in [0.15, 0.2) is 59.5 Å². The van der Waals surface area contributed by atoms with E-state index < -0.39 is 22.1 Å². The summed E-state index contributed by atoms with van der Waals surface area (Å²) >= 11 is 0. The molecule has 0 saturated heterocycles. The van der Waals surface area contributed by atoms with E-state index in [1.165, 1.54) is 37.8 Å². The van der Waals surface area contributed by atoms with Crippen LogP contribution in [0.2, 0.25) is 0 Å². The van der Waals surface area contributed by atoms with Crippen LogP contribution in [0.1, 0.15) is 44.6 Å². The van der Waals surface area contributed by atoms with Crippen LogP contribution < -0.4 is 14.8 Å². The fourth-order valence-electron chi connectivity index (χ4n) is 3.63. The number of nitrogens with one attached hydrogen (secondary N) is 2. The molecule has 0 aromatic heterocycles. The van der Waals surface area contributed by atoms with E-state index in [1.54, 1.807) is 43.3 Å². The van der Waals surface area contributed by atoms with E-state index in [1.807, 2.05) is 0 Å². The van der Waals surface area contributed by atoms with Crippen molar-refractivity contribution in [2.75, 3.05) is 11.8 Å². The van der Waals surface area contributed by atoms with E-state index in [0.717, 1.165) is 25.7 Å². The van der Waals surface area contributed by atoms with Crippen molar-refractivity contribution in [2.24, 2.45) is 0 Å². The molecule has 0 spiro atoms. The highest BCUT2D eigenvalue weighted by atomic mass is 32.2. The maximum absolute atomic E-state index is 12.6. The minimum absolute atomic E-state index is 0.0797. The Morgan fingerprint density at radius 2 is 1.65 bits per heavy atom. The van der Waals surface area contributed by atoms with E-state index in [0.29, 0.717) is 17.0 Å². The van der Waals surface area contributed by atoms with E-state index in [2.05, 4.69) is 10.0 Å². The first-order valence-electron chi connectivity index (χ1n) is 11.2. The quantitative estimate of drug-likeness (QED) is 0.411. The minimum Gasteiger partial charge on any atom is -0.497 e. The first-order valence-corrected chi connectivity index (χ1v) is 12.7. The van der Waals surface area contributed by atoms with Gasteiger partial charge in [0.05, 0.1) is 12.0 Å². The predicted octanol–water partition coefficient (Wildman–Crippen LogP) is 3.89. The van der Waals surface area contributed by atoms with Crippen LogP contribution in [-0.4, -0.2) is 39.5 Å². The fourth-order valence-corrected chi connectivity index (χ4v) is 4.69. The van der Waals surface area contributed by atoms with E-state index in [4.69, 9.17) is 9.47 Å². The molecule has 0 radical (unpaired) electrons. The molecule has 0 aliphatic heterocycles. The Labute approximate surface area is 200 Å². The molecule has 2 aromatic rings. The van der Waals surface area contributed by atoms with Gasteiger partial charge in [0, 0.05) is 17.8 Å². The van der Waals surface area contributed by atoms with Gasteiger partial charge in [0.25, 0.3) is 15.9 Å². The van der Waals surface area contributed by atoms with Gasteiger partial charge in [0.15, 0.2) is 6.10 Å². The second-order valence-corrected chi connectivity index (χ2v) is 9.84. The number of ether oxygens (including phenoxy) is 2. The molecule has 1 amide bonds. The van der Waals surface area contributed by atoms with Crippen molar-refractivity contribution in [2.45, 2.75) is 56.1 Å². The zero-order valence-corrected chi connectivity index (χ0v) is 20.1. The molecule has 182 valence electrons. The molecule has 1 unspecified atom stereocenters. The number of carbonyl (C=O) groups excluding carboxylic acids is 2. The second-order valence-electron chi connectivity index (χ2n) is 8.16. The highest BCUT2D eigenvalue weighted by molar-refractivity contribution is 7.92. The molecule has 2 N–H and O–H groups in total. The number of sulfonamides is 1. The zero-order chi connectivity index (χ0) is 24.6. The van der Waals surface area contributed by atoms with Crippen LogP contribution in [0.5, 0.6) is 5.75 Å². The molecule has 3 rings (SSSR count). The van der Waals surface area contributed by atoms with Gasteiger partial charge in [-0.2, -0.15) is 0 Å². The Morgan fingerprint density at radius 3 is 2.26 bits per heavy atom. The maximum Gasteiger partial charge on any atom is 0.331 e. The van der Waals surface area contributed by atoms with Crippen LogP contribution >= 0.6 is 0 Å². The second kappa shape index (κ2) is 11.7. The van der Waals surface area contributed by atoms with Gasteiger partial charge in [0.2, 0.25) is 0 Å². The van der Waals surface area contributed by atoms with Crippen molar-refractivity contribution in [3.8, 4) is 5.75 Å². The fraction of sp³-hybridized carbons (Fsp3) is 0.360. The van der Waals surface area contributed by atoms with Crippen LogP contribution in [0, 0.1) is 0 Å². The molecule has 1 atom stereocenters. The van der Waals surface area contributed by atoms with Crippen LogP contribution in [-0.2, 0) is 24.3 Å². The molecular weight excluding hydrogens is 456 g/mol. The SMILES string of the molecule is COc1ccc(NS(=O)(=O)c2ccc(/C=C/C(=O)OC(C)C(=O)NC3CCCCC3)cc2)cc1. The molecule has 1 saturated carbocycles. The van der Waals surface area contributed by atoms with Gasteiger partial charge in [0.1, 0.15) is 5.75 Å². The summed E-state index contributed by atoms with van der Waals surface area (Å²) in [6.45, 7) is 1.54. The first-order chi connectivity index (χ1) is 16.3. The number of benzene rings is 2. The van der Waals surface area contributed by atoms with Crippen LogP contribution in [0.4, 0.5) is 5.69 Å². The number of esters is 1. The van der Waals surface area contributed by atoms with Gasteiger partial charge < -0.3 is 14.8 Å². The van der Waals surface area contributed by atoms with Crippen LogP contribution in [0.3, 0.4) is 0 Å². The lowest BCUT2D eigenvalue weighted by Crippen LogP contribution is -2.42. The largest absolute Gasteiger partial charge is 0.497 e. The van der Waals surface area contributed by atoms with Gasteiger partial charge in [-0.25, -0.2) is 13.2 Å². The summed E-state index contributed by atoms with van der Waals surface area (Å²) in [5.74, 6) is -0.325. The topological polar surface area (TPSA) is 111 Å². The third-order valence-corrected chi connectivity index (χ3v) is 6.96. The molecule has 0 bridgehead atoms. The lowest BCUT2D eigenvalue weighted by atomic mass is 9.95. The van der Waals surface area contributed by atoms with Gasteiger partial charge in [-0.1, -0.05) is 31.4 Å². The standard InChI is InChI=1S/C25H30N2O6S/c1-18(25(29)26-20-6-4-3-5-7-20)33-24(28)17-10-19-8-15-23(16-9-19)34(30,31)27-21-11-13-22(32-2)14-12-21/h8-18,20,27H,3-7H2,1-2H3,(H,26,29)/b17-10+. The van der Waals surface area contributed by atoms with Crippen molar-refractivity contribution in [1.29, 1.82) is 0 Å². The summed E-state index contributed by atoms with van der Waals surface area (Å²) in [5.41, 5.74) is 1.02. The summed E-state index contributed by atoms with van der Waals surface area (Å²) in [6, 6.07) is 12.7. The third-order valence-electron chi connectivity index (χ3n) is 5.56. The van der Waals surface area contributed by atoms with Crippen molar-refractivity contribution >= 4 is 33.7 Å². The predicted molar refractivity (Wildman–Crippen MR) is 130 cm³/mol. The average molecular weight is 487 g/mol. The van der Waals surface area contributed by atoms with Gasteiger partial charge in [-0.3, -0.25) is 9.52 Å². The summed E-state index contributed by atoms with van der Waals surface area (Å²) in [4.78, 5) is 24.4. The number of hydrogen-bond donors (Lipinski definition) is 2. The average Bonchev–Trinajstić information content (AvgIpc) is 2.84. The Morgan fingerprint density at radius 1 is 1.00 bits per heavy atom. The maximum atomic E-state index is 12.6. The lowest BCUT2D eigenvalue weighted by molar-refractivity contribution is -0.150. The third kappa shape index (κ3) is 7.34. The molecule has 2 aromatic carbocycles.